The van der Waals surface area contributed by atoms with Crippen molar-refractivity contribution in [3.63, 3.8) is 0 Å². The summed E-state index contributed by atoms with van der Waals surface area (Å²) in [5, 5.41) is 14.9. The predicted molar refractivity (Wildman–Crippen MR) is 109 cm³/mol. The van der Waals surface area contributed by atoms with Gasteiger partial charge in [0.2, 0.25) is 5.91 Å². The van der Waals surface area contributed by atoms with E-state index in [2.05, 4.69) is 19.2 Å². The Kier molecular flexibility index (Phi) is 6.57. The number of carbonyl (C=O) groups is 1. The Bertz CT molecular complexity index is 753. The first kappa shape index (κ1) is 20.2. The largest absolute Gasteiger partial charge is 0.494 e. The number of aliphatic hydroxyl groups is 1. The highest BCUT2D eigenvalue weighted by Gasteiger charge is 2.44. The molecule has 1 aliphatic heterocycles. The van der Waals surface area contributed by atoms with E-state index in [9.17, 15) is 9.90 Å². The Morgan fingerprint density at radius 1 is 1.00 bits per heavy atom. The maximum absolute atomic E-state index is 11.9. The molecule has 0 aliphatic carbocycles. The number of amides is 1. The van der Waals surface area contributed by atoms with E-state index in [-0.39, 0.29) is 5.91 Å². The minimum absolute atomic E-state index is 0.0415. The van der Waals surface area contributed by atoms with Crippen LogP contribution in [0.3, 0.4) is 0 Å². The molecule has 0 bridgehead atoms. The third kappa shape index (κ3) is 4.30. The number of carbonyl (C=O) groups excluding carboxylic acids is 1. The minimum atomic E-state index is -1.37. The number of hydrogen-bond acceptors (Lipinski definition) is 4. The molecule has 0 saturated carbocycles. The van der Waals surface area contributed by atoms with Gasteiger partial charge < -0.3 is 19.9 Å². The highest BCUT2D eigenvalue weighted by molar-refractivity contribution is 5.79. The molecule has 0 radical (unpaired) electrons. The van der Waals surface area contributed by atoms with Gasteiger partial charge >= 0.3 is 0 Å². The third-order valence-electron chi connectivity index (χ3n) is 4.99. The van der Waals surface area contributed by atoms with E-state index >= 15 is 0 Å². The van der Waals surface area contributed by atoms with E-state index in [4.69, 9.17) is 9.47 Å². The first-order valence-corrected chi connectivity index (χ1v) is 10.1. The molecule has 5 nitrogen and oxygen atoms in total. The fourth-order valence-electron chi connectivity index (χ4n) is 3.58. The normalized spacial score (nSPS) is 16.7. The highest BCUT2D eigenvalue weighted by Crippen LogP contribution is 2.39. The van der Waals surface area contributed by atoms with Gasteiger partial charge in [-0.25, -0.2) is 0 Å². The van der Waals surface area contributed by atoms with E-state index in [0.717, 1.165) is 12.8 Å². The average molecular weight is 383 g/mol. The molecule has 2 aromatic rings. The van der Waals surface area contributed by atoms with E-state index in [1.807, 2.05) is 48.5 Å². The van der Waals surface area contributed by atoms with E-state index in [1.165, 1.54) is 0 Å². The van der Waals surface area contributed by atoms with Gasteiger partial charge in [0, 0.05) is 6.42 Å². The van der Waals surface area contributed by atoms with Gasteiger partial charge in [0.25, 0.3) is 0 Å². The van der Waals surface area contributed by atoms with E-state index in [1.54, 1.807) is 0 Å². The van der Waals surface area contributed by atoms with Gasteiger partial charge in [-0.05, 0) is 54.7 Å². The maximum Gasteiger partial charge on any atom is 0.220 e. The van der Waals surface area contributed by atoms with Crippen molar-refractivity contribution in [1.29, 1.82) is 0 Å². The summed E-state index contributed by atoms with van der Waals surface area (Å²) in [6.45, 7) is 5.33. The van der Waals surface area contributed by atoms with Crippen LogP contribution in [0.2, 0.25) is 0 Å². The predicted octanol–water partition coefficient (Wildman–Crippen LogP) is 3.78. The fraction of sp³-hybridized carbons (Fsp3) is 0.435. The van der Waals surface area contributed by atoms with Crippen LogP contribution in [0.1, 0.15) is 50.7 Å². The van der Waals surface area contributed by atoms with E-state index < -0.39 is 11.6 Å². The standard InChI is InChI=1S/C23H29NO4/c1-3-13-27-19-9-5-7-17(15-19)23(26,21-11-12-22(25)24-21)18-8-6-10-20(16-18)28-14-4-2/h5-10,15-16,21,26H,3-4,11-14H2,1-2H3,(H,24,25)/t21-/m0/s1. The smallest absolute Gasteiger partial charge is 0.220 e. The molecule has 1 atom stereocenters. The number of ether oxygens (including phenoxy) is 2. The van der Waals surface area contributed by atoms with Gasteiger partial charge in [-0.3, -0.25) is 4.79 Å². The molecule has 1 fully saturated rings. The van der Waals surface area contributed by atoms with Gasteiger partial charge in [0.15, 0.2) is 0 Å². The van der Waals surface area contributed by atoms with Crippen LogP contribution in [0.5, 0.6) is 11.5 Å². The first-order valence-electron chi connectivity index (χ1n) is 10.1. The molecule has 2 N–H and O–H groups in total. The van der Waals surface area contributed by atoms with Gasteiger partial charge in [-0.15, -0.1) is 0 Å². The molecule has 0 unspecified atom stereocenters. The van der Waals surface area contributed by atoms with Gasteiger partial charge in [0.05, 0.1) is 19.3 Å². The van der Waals surface area contributed by atoms with Gasteiger partial charge in [0.1, 0.15) is 17.1 Å². The molecule has 2 aromatic carbocycles. The number of benzene rings is 2. The summed E-state index contributed by atoms with van der Waals surface area (Å²) in [6, 6.07) is 14.6. The summed E-state index contributed by atoms with van der Waals surface area (Å²) < 4.78 is 11.5. The van der Waals surface area contributed by atoms with Crippen LogP contribution in [0.4, 0.5) is 0 Å². The molecule has 1 saturated heterocycles. The number of hydrogen-bond donors (Lipinski definition) is 2. The lowest BCUT2D eigenvalue weighted by molar-refractivity contribution is -0.120. The Morgan fingerprint density at radius 3 is 1.96 bits per heavy atom. The van der Waals surface area contributed by atoms with Crippen molar-refractivity contribution in [3.05, 3.63) is 59.7 Å². The van der Waals surface area contributed by atoms with Crippen molar-refractivity contribution in [2.75, 3.05) is 13.2 Å². The van der Waals surface area contributed by atoms with E-state index in [0.29, 0.717) is 48.7 Å². The Labute approximate surface area is 166 Å². The van der Waals surface area contributed by atoms with Crippen molar-refractivity contribution >= 4 is 5.91 Å². The molecular formula is C23H29NO4. The van der Waals surface area contributed by atoms with Crippen molar-refractivity contribution in [1.82, 2.24) is 5.32 Å². The fourth-order valence-corrected chi connectivity index (χ4v) is 3.58. The Balaban J connectivity index is 2.03. The van der Waals surface area contributed by atoms with Crippen LogP contribution in [-0.4, -0.2) is 30.3 Å². The van der Waals surface area contributed by atoms with Crippen LogP contribution in [0, 0.1) is 0 Å². The second-order valence-corrected chi connectivity index (χ2v) is 7.18. The highest BCUT2D eigenvalue weighted by atomic mass is 16.5. The van der Waals surface area contributed by atoms with Crippen molar-refractivity contribution in [3.8, 4) is 11.5 Å². The van der Waals surface area contributed by atoms with Crippen molar-refractivity contribution < 1.29 is 19.4 Å². The van der Waals surface area contributed by atoms with Crippen LogP contribution >= 0.6 is 0 Å². The molecule has 28 heavy (non-hydrogen) atoms. The lowest BCUT2D eigenvalue weighted by Crippen LogP contribution is -2.47. The quantitative estimate of drug-likeness (QED) is 0.692. The Hall–Kier alpha value is -2.53. The maximum atomic E-state index is 11.9. The summed E-state index contributed by atoms with van der Waals surface area (Å²) in [5.74, 6) is 1.38. The summed E-state index contributed by atoms with van der Waals surface area (Å²) in [6.07, 6.45) is 2.79. The van der Waals surface area contributed by atoms with Gasteiger partial charge in [-0.1, -0.05) is 38.1 Å². The zero-order valence-corrected chi connectivity index (χ0v) is 16.6. The second-order valence-electron chi connectivity index (χ2n) is 7.18. The Morgan fingerprint density at radius 2 is 1.54 bits per heavy atom. The van der Waals surface area contributed by atoms with Crippen LogP contribution < -0.4 is 14.8 Å². The molecule has 3 rings (SSSR count). The van der Waals surface area contributed by atoms with Crippen molar-refractivity contribution in [2.24, 2.45) is 0 Å². The van der Waals surface area contributed by atoms with Crippen molar-refractivity contribution in [2.45, 2.75) is 51.2 Å². The number of nitrogens with one attached hydrogen (secondary N) is 1. The zero-order chi connectivity index (χ0) is 20.0. The molecule has 1 amide bonds. The first-order chi connectivity index (χ1) is 13.6. The zero-order valence-electron chi connectivity index (χ0n) is 16.6. The lowest BCUT2D eigenvalue weighted by Gasteiger charge is -2.35. The monoisotopic (exact) mass is 383 g/mol. The van der Waals surface area contributed by atoms with Crippen LogP contribution in [0.25, 0.3) is 0 Å². The van der Waals surface area contributed by atoms with Crippen LogP contribution in [-0.2, 0) is 10.4 Å². The molecule has 1 aliphatic rings. The summed E-state index contributed by atoms with van der Waals surface area (Å²) in [4.78, 5) is 11.9. The second kappa shape index (κ2) is 9.11. The molecule has 5 heteroatoms. The molecule has 0 aromatic heterocycles. The molecule has 1 heterocycles. The summed E-state index contributed by atoms with van der Waals surface area (Å²) in [7, 11) is 0. The minimum Gasteiger partial charge on any atom is -0.494 e. The molecular weight excluding hydrogens is 354 g/mol. The molecule has 150 valence electrons. The number of rotatable bonds is 9. The molecule has 0 spiro atoms. The lowest BCUT2D eigenvalue weighted by atomic mass is 9.79. The summed E-state index contributed by atoms with van der Waals surface area (Å²) in [5.41, 5.74) is 0.0189. The summed E-state index contributed by atoms with van der Waals surface area (Å²) >= 11 is 0. The van der Waals surface area contributed by atoms with Crippen LogP contribution in [0.15, 0.2) is 48.5 Å². The third-order valence-corrected chi connectivity index (χ3v) is 4.99. The topological polar surface area (TPSA) is 67.8 Å². The van der Waals surface area contributed by atoms with Gasteiger partial charge in [-0.2, -0.15) is 0 Å². The average Bonchev–Trinajstić information content (AvgIpc) is 3.17. The SMILES string of the molecule is CCCOc1cccc(C(O)(c2cccc(OCCC)c2)[C@@H]2CCC(=O)N2)c1.